The molecule has 0 aromatic heterocycles. The molecule has 0 atom stereocenters. The molecule has 104 valence electrons. The molecule has 0 saturated carbocycles. The average Bonchev–Trinajstić information content (AvgIpc) is 2.35. The number of nitrogens with one attached hydrogen (secondary N) is 2. The van der Waals surface area contributed by atoms with Crippen molar-refractivity contribution in [2.24, 2.45) is 5.92 Å². The molecule has 0 unspecified atom stereocenters. The Hall–Kier alpha value is -1.46. The van der Waals surface area contributed by atoms with E-state index >= 15 is 0 Å². The largest absolute Gasteiger partial charge is 0.495 e. The summed E-state index contributed by atoms with van der Waals surface area (Å²) in [6.07, 6.45) is 0.501. The first-order valence-corrected chi connectivity index (χ1v) is 6.44. The maximum absolute atomic E-state index is 11.9. The van der Waals surface area contributed by atoms with Crippen LogP contribution >= 0.6 is 11.6 Å². The molecule has 0 bridgehead atoms. The molecule has 1 heterocycles. The summed E-state index contributed by atoms with van der Waals surface area (Å²) in [6.45, 7) is 1.79. The van der Waals surface area contributed by atoms with E-state index in [1.54, 1.807) is 12.1 Å². The molecule has 5 nitrogen and oxygen atoms in total. The van der Waals surface area contributed by atoms with Crippen LogP contribution in [0.25, 0.3) is 0 Å². The van der Waals surface area contributed by atoms with Gasteiger partial charge in [-0.05, 0) is 19.0 Å². The highest BCUT2D eigenvalue weighted by Crippen LogP contribution is 2.36. The third kappa shape index (κ3) is 3.30. The number of carbonyl (C=O) groups is 1. The summed E-state index contributed by atoms with van der Waals surface area (Å²) < 4.78 is 10.3. The van der Waals surface area contributed by atoms with Crippen LogP contribution in [0.5, 0.6) is 11.5 Å². The molecule has 0 radical (unpaired) electrons. The first-order chi connectivity index (χ1) is 9.13. The van der Waals surface area contributed by atoms with E-state index < -0.39 is 0 Å². The number of anilines is 1. The second kappa shape index (κ2) is 6.12. The van der Waals surface area contributed by atoms with Crippen molar-refractivity contribution >= 4 is 23.2 Å². The fourth-order valence-electron chi connectivity index (χ4n) is 1.91. The van der Waals surface area contributed by atoms with Crippen LogP contribution in [0.2, 0.25) is 5.02 Å². The molecule has 1 fully saturated rings. The Morgan fingerprint density at radius 1 is 1.37 bits per heavy atom. The van der Waals surface area contributed by atoms with Gasteiger partial charge >= 0.3 is 0 Å². The van der Waals surface area contributed by atoms with Gasteiger partial charge in [0, 0.05) is 18.6 Å². The maximum atomic E-state index is 11.9. The number of carbonyl (C=O) groups excluding carboxylic acids is 1. The zero-order chi connectivity index (χ0) is 13.8. The minimum atomic E-state index is -0.0332. The number of rotatable bonds is 5. The monoisotopic (exact) mass is 284 g/mol. The maximum Gasteiger partial charge on any atom is 0.224 e. The molecule has 19 heavy (non-hydrogen) atoms. The Morgan fingerprint density at radius 3 is 2.58 bits per heavy atom. The highest BCUT2D eigenvalue weighted by Gasteiger charge is 2.21. The van der Waals surface area contributed by atoms with Gasteiger partial charge < -0.3 is 20.1 Å². The molecule has 0 spiro atoms. The van der Waals surface area contributed by atoms with Crippen LogP contribution in [0.4, 0.5) is 5.69 Å². The van der Waals surface area contributed by atoms with Crippen molar-refractivity contribution in [3.05, 3.63) is 17.2 Å². The van der Waals surface area contributed by atoms with Crippen LogP contribution in [0.3, 0.4) is 0 Å². The summed E-state index contributed by atoms with van der Waals surface area (Å²) in [5.41, 5.74) is 0.570. The van der Waals surface area contributed by atoms with Crippen molar-refractivity contribution in [3.8, 4) is 11.5 Å². The van der Waals surface area contributed by atoms with Crippen molar-refractivity contribution in [1.29, 1.82) is 0 Å². The van der Waals surface area contributed by atoms with Crippen molar-refractivity contribution in [1.82, 2.24) is 5.32 Å². The van der Waals surface area contributed by atoms with Gasteiger partial charge in [-0.15, -0.1) is 0 Å². The summed E-state index contributed by atoms with van der Waals surface area (Å²) in [5.74, 6) is 1.41. The van der Waals surface area contributed by atoms with Crippen LogP contribution in [0.1, 0.15) is 6.42 Å². The fraction of sp³-hybridized carbons (Fsp3) is 0.462. The molecule has 1 aromatic rings. The number of benzene rings is 1. The van der Waals surface area contributed by atoms with Crippen molar-refractivity contribution in [3.63, 3.8) is 0 Å². The van der Waals surface area contributed by atoms with Crippen LogP contribution in [0, 0.1) is 5.92 Å². The molecule has 2 rings (SSSR count). The van der Waals surface area contributed by atoms with E-state index in [2.05, 4.69) is 10.6 Å². The smallest absolute Gasteiger partial charge is 0.224 e. The predicted molar refractivity (Wildman–Crippen MR) is 74.2 cm³/mol. The van der Waals surface area contributed by atoms with Crippen LogP contribution in [-0.2, 0) is 4.79 Å². The zero-order valence-corrected chi connectivity index (χ0v) is 11.7. The predicted octanol–water partition coefficient (Wildman–Crippen LogP) is 1.91. The van der Waals surface area contributed by atoms with Crippen molar-refractivity contribution < 1.29 is 14.3 Å². The molecule has 1 amide bonds. The Labute approximate surface area is 117 Å². The third-order valence-electron chi connectivity index (χ3n) is 3.09. The lowest BCUT2D eigenvalue weighted by molar-refractivity contribution is -0.117. The number of hydrogen-bond acceptors (Lipinski definition) is 4. The van der Waals surface area contributed by atoms with Crippen LogP contribution in [0.15, 0.2) is 12.1 Å². The Balaban J connectivity index is 2.10. The van der Waals surface area contributed by atoms with Gasteiger partial charge in [0.1, 0.15) is 11.5 Å². The SMILES string of the molecule is COc1cc(NC(=O)CC2CNC2)c(OC)cc1Cl. The summed E-state index contributed by atoms with van der Waals surface area (Å²) in [5, 5.41) is 6.41. The first-order valence-electron chi connectivity index (χ1n) is 6.06. The second-order valence-corrected chi connectivity index (χ2v) is 4.87. The minimum absolute atomic E-state index is 0.0332. The first kappa shape index (κ1) is 14.0. The van der Waals surface area contributed by atoms with E-state index in [4.69, 9.17) is 21.1 Å². The van der Waals surface area contributed by atoms with E-state index in [1.807, 2.05) is 0 Å². The standard InChI is InChI=1S/C13H17ClN2O3/c1-18-11-5-10(12(19-2)4-9(11)14)16-13(17)3-8-6-15-7-8/h4-5,8,15H,3,6-7H2,1-2H3,(H,16,17). The van der Waals surface area contributed by atoms with Crippen LogP contribution in [-0.4, -0.2) is 33.2 Å². The summed E-state index contributed by atoms with van der Waals surface area (Å²) in [4.78, 5) is 11.9. The number of amides is 1. The molecular formula is C13H17ClN2O3. The number of hydrogen-bond donors (Lipinski definition) is 2. The molecule has 1 saturated heterocycles. The molecule has 2 N–H and O–H groups in total. The topological polar surface area (TPSA) is 59.6 Å². The number of ether oxygens (including phenoxy) is 2. The van der Waals surface area contributed by atoms with Gasteiger partial charge in [0.05, 0.1) is 24.9 Å². The molecule has 0 aliphatic carbocycles. The summed E-state index contributed by atoms with van der Waals surface area (Å²) >= 11 is 6.01. The summed E-state index contributed by atoms with van der Waals surface area (Å²) in [7, 11) is 3.06. The van der Waals surface area contributed by atoms with Crippen LogP contribution < -0.4 is 20.1 Å². The van der Waals surface area contributed by atoms with Crippen molar-refractivity contribution in [2.45, 2.75) is 6.42 Å². The lowest BCUT2D eigenvalue weighted by atomic mass is 9.99. The second-order valence-electron chi connectivity index (χ2n) is 4.46. The van der Waals surface area contributed by atoms with Gasteiger partial charge in [-0.2, -0.15) is 0 Å². The number of methoxy groups -OCH3 is 2. The minimum Gasteiger partial charge on any atom is -0.495 e. The lowest BCUT2D eigenvalue weighted by Crippen LogP contribution is -2.43. The normalized spacial score (nSPS) is 14.7. The molecular weight excluding hydrogens is 268 g/mol. The van der Waals surface area contributed by atoms with E-state index in [0.717, 1.165) is 13.1 Å². The Bertz CT molecular complexity index is 475. The van der Waals surface area contributed by atoms with Gasteiger partial charge in [-0.25, -0.2) is 0 Å². The Kier molecular flexibility index (Phi) is 4.50. The number of halogens is 1. The van der Waals surface area contributed by atoms with Gasteiger partial charge in [-0.3, -0.25) is 4.79 Å². The summed E-state index contributed by atoms with van der Waals surface area (Å²) in [6, 6.07) is 3.29. The zero-order valence-electron chi connectivity index (χ0n) is 11.0. The van der Waals surface area contributed by atoms with Crippen molar-refractivity contribution in [2.75, 3.05) is 32.6 Å². The highest BCUT2D eigenvalue weighted by atomic mass is 35.5. The van der Waals surface area contributed by atoms with E-state index in [9.17, 15) is 4.79 Å². The quantitative estimate of drug-likeness (QED) is 0.867. The Morgan fingerprint density at radius 2 is 2.05 bits per heavy atom. The molecule has 1 aliphatic rings. The molecule has 1 aromatic carbocycles. The lowest BCUT2D eigenvalue weighted by Gasteiger charge is -2.26. The average molecular weight is 285 g/mol. The van der Waals surface area contributed by atoms with Gasteiger partial charge in [-0.1, -0.05) is 11.6 Å². The van der Waals surface area contributed by atoms with Gasteiger partial charge in [0.2, 0.25) is 5.91 Å². The van der Waals surface area contributed by atoms with E-state index in [1.165, 1.54) is 14.2 Å². The van der Waals surface area contributed by atoms with E-state index in [0.29, 0.717) is 34.5 Å². The molecule has 6 heteroatoms. The van der Waals surface area contributed by atoms with Gasteiger partial charge in [0.15, 0.2) is 0 Å². The fourth-order valence-corrected chi connectivity index (χ4v) is 2.15. The molecule has 1 aliphatic heterocycles. The third-order valence-corrected chi connectivity index (χ3v) is 3.38. The van der Waals surface area contributed by atoms with E-state index in [-0.39, 0.29) is 5.91 Å². The van der Waals surface area contributed by atoms with Gasteiger partial charge in [0.25, 0.3) is 0 Å². The highest BCUT2D eigenvalue weighted by molar-refractivity contribution is 6.32.